The van der Waals surface area contributed by atoms with Gasteiger partial charge in [0.05, 0.1) is 16.8 Å². The number of nitrogens with zero attached hydrogens (tertiary/aromatic N) is 2. The molecule has 1 aromatic heterocycles. The lowest BCUT2D eigenvalue weighted by molar-refractivity contribution is -0.148. The number of carbonyl (C=O) groups excluding carboxylic acids is 2. The van der Waals surface area contributed by atoms with Gasteiger partial charge in [0.25, 0.3) is 0 Å². The van der Waals surface area contributed by atoms with Crippen LogP contribution in [0.25, 0.3) is 0 Å². The molecule has 0 radical (unpaired) electrons. The van der Waals surface area contributed by atoms with Crippen molar-refractivity contribution in [1.29, 1.82) is 0 Å². The van der Waals surface area contributed by atoms with Crippen LogP contribution in [0.2, 0.25) is 0 Å². The van der Waals surface area contributed by atoms with Gasteiger partial charge in [0, 0.05) is 12.3 Å². The summed E-state index contributed by atoms with van der Waals surface area (Å²) in [4.78, 5) is 31.3. The van der Waals surface area contributed by atoms with E-state index < -0.39 is 5.41 Å². The number of benzene rings is 2. The van der Waals surface area contributed by atoms with Crippen molar-refractivity contribution in [3.63, 3.8) is 0 Å². The van der Waals surface area contributed by atoms with Gasteiger partial charge in [-0.05, 0) is 43.9 Å². The zero-order valence-corrected chi connectivity index (χ0v) is 18.2. The third-order valence-electron chi connectivity index (χ3n) is 5.46. The number of aromatic nitrogens is 1. The molecule has 3 aromatic rings. The zero-order valence-electron chi connectivity index (χ0n) is 17.3. The van der Waals surface area contributed by atoms with E-state index in [0.717, 1.165) is 35.2 Å². The Bertz CT molecular complexity index is 1090. The number of hydrogen-bond donors (Lipinski definition) is 0. The number of thiazole rings is 1. The van der Waals surface area contributed by atoms with Crippen molar-refractivity contribution in [1.82, 2.24) is 4.98 Å². The summed E-state index contributed by atoms with van der Waals surface area (Å²) in [6, 6.07) is 15.7. The summed E-state index contributed by atoms with van der Waals surface area (Å²) in [5.41, 5.74) is 4.09. The van der Waals surface area contributed by atoms with Crippen LogP contribution in [0.1, 0.15) is 42.1 Å². The maximum absolute atomic E-state index is 12.7. The Kier molecular flexibility index (Phi) is 5.43. The first-order chi connectivity index (χ1) is 14.4. The lowest BCUT2D eigenvalue weighted by atomic mass is 9.96. The smallest absolute Gasteiger partial charge is 0.316 e. The number of rotatable bonds is 6. The summed E-state index contributed by atoms with van der Waals surface area (Å²) in [6.45, 7) is 5.62. The van der Waals surface area contributed by atoms with Crippen molar-refractivity contribution in [3.8, 4) is 0 Å². The number of hydrogen-bond acceptors (Lipinski definition) is 5. The van der Waals surface area contributed by atoms with Gasteiger partial charge in [-0.25, -0.2) is 4.98 Å². The van der Waals surface area contributed by atoms with Crippen LogP contribution >= 0.6 is 11.3 Å². The van der Waals surface area contributed by atoms with Gasteiger partial charge >= 0.3 is 5.97 Å². The number of esters is 1. The summed E-state index contributed by atoms with van der Waals surface area (Å²) in [7, 11) is 0. The van der Waals surface area contributed by atoms with Gasteiger partial charge in [0.1, 0.15) is 6.61 Å². The Morgan fingerprint density at radius 2 is 1.87 bits per heavy atom. The Hall–Kier alpha value is -2.99. The average Bonchev–Trinajstić information content (AvgIpc) is 3.42. The molecular weight excluding hydrogens is 396 g/mol. The van der Waals surface area contributed by atoms with Crippen molar-refractivity contribution in [2.24, 2.45) is 0 Å². The molecule has 1 aliphatic rings. The number of carbonyl (C=O) groups is 2. The van der Waals surface area contributed by atoms with Gasteiger partial charge in [0.15, 0.2) is 5.13 Å². The molecule has 30 heavy (non-hydrogen) atoms. The standard InChI is InChI=1S/C24H24N2O3S/c1-16-9-10-21(17(2)13-16)26(18(3)27)23-25-20(15-30-23)14-29-22(28)24(11-12-24)19-7-5-4-6-8-19/h4-10,13,15H,11-12,14H2,1-3H3. The van der Waals surface area contributed by atoms with Crippen LogP contribution in [-0.2, 0) is 26.3 Å². The number of anilines is 2. The van der Waals surface area contributed by atoms with Gasteiger partial charge in [0.2, 0.25) is 5.91 Å². The predicted octanol–water partition coefficient (Wildman–Crippen LogP) is 5.22. The van der Waals surface area contributed by atoms with E-state index >= 15 is 0 Å². The summed E-state index contributed by atoms with van der Waals surface area (Å²) in [5.74, 6) is -0.318. The van der Waals surface area contributed by atoms with E-state index in [2.05, 4.69) is 4.98 Å². The zero-order chi connectivity index (χ0) is 21.3. The Morgan fingerprint density at radius 3 is 2.50 bits per heavy atom. The highest BCUT2D eigenvalue weighted by atomic mass is 32.1. The first kappa shape index (κ1) is 20.3. The second-order valence-corrected chi connectivity index (χ2v) is 8.63. The molecule has 0 unspecified atom stereocenters. The van der Waals surface area contributed by atoms with E-state index in [1.54, 1.807) is 4.90 Å². The summed E-state index contributed by atoms with van der Waals surface area (Å²) in [5, 5.41) is 2.41. The van der Waals surface area contributed by atoms with Crippen LogP contribution in [0.5, 0.6) is 0 Å². The first-order valence-electron chi connectivity index (χ1n) is 9.96. The highest BCUT2D eigenvalue weighted by molar-refractivity contribution is 7.14. The normalized spacial score (nSPS) is 14.2. The third kappa shape index (κ3) is 3.87. The molecule has 1 amide bonds. The van der Waals surface area contributed by atoms with Crippen molar-refractivity contribution in [2.45, 2.75) is 45.6 Å². The van der Waals surface area contributed by atoms with Crippen molar-refractivity contribution >= 4 is 34.0 Å². The van der Waals surface area contributed by atoms with E-state index in [1.165, 1.54) is 18.3 Å². The van der Waals surface area contributed by atoms with E-state index in [0.29, 0.717) is 10.8 Å². The maximum atomic E-state index is 12.7. The SMILES string of the molecule is CC(=O)N(c1nc(COC(=O)C2(c3ccccc3)CC2)cs1)c1ccc(C)cc1C. The Balaban J connectivity index is 1.48. The molecular formula is C24H24N2O3S. The van der Waals surface area contributed by atoms with E-state index in [9.17, 15) is 9.59 Å². The maximum Gasteiger partial charge on any atom is 0.316 e. The monoisotopic (exact) mass is 420 g/mol. The molecule has 1 heterocycles. The highest BCUT2D eigenvalue weighted by Crippen LogP contribution is 2.49. The fraction of sp³-hybridized carbons (Fsp3) is 0.292. The van der Waals surface area contributed by atoms with E-state index in [-0.39, 0.29) is 18.5 Å². The summed E-state index contributed by atoms with van der Waals surface area (Å²) < 4.78 is 5.61. The number of amides is 1. The molecule has 1 saturated carbocycles. The van der Waals surface area contributed by atoms with Crippen molar-refractivity contribution < 1.29 is 14.3 Å². The quantitative estimate of drug-likeness (QED) is 0.513. The number of aryl methyl sites for hydroxylation is 2. The summed E-state index contributed by atoms with van der Waals surface area (Å²) in [6.07, 6.45) is 1.62. The lowest BCUT2D eigenvalue weighted by Gasteiger charge is -2.20. The molecule has 6 heteroatoms. The predicted molar refractivity (Wildman–Crippen MR) is 118 cm³/mol. The molecule has 0 spiro atoms. The molecule has 154 valence electrons. The second kappa shape index (κ2) is 8.03. The summed E-state index contributed by atoms with van der Waals surface area (Å²) >= 11 is 1.37. The molecule has 4 rings (SSSR count). The lowest BCUT2D eigenvalue weighted by Crippen LogP contribution is -2.24. The van der Waals surface area contributed by atoms with Gasteiger partial charge in [-0.15, -0.1) is 11.3 Å². The van der Waals surface area contributed by atoms with Gasteiger partial charge in [-0.2, -0.15) is 0 Å². The van der Waals surface area contributed by atoms with Crippen LogP contribution < -0.4 is 4.90 Å². The van der Waals surface area contributed by atoms with Crippen LogP contribution in [0.3, 0.4) is 0 Å². The van der Waals surface area contributed by atoms with Gasteiger partial charge in [-0.1, -0.05) is 48.0 Å². The highest BCUT2D eigenvalue weighted by Gasteiger charge is 2.52. The minimum Gasteiger partial charge on any atom is -0.458 e. The molecule has 0 atom stereocenters. The molecule has 0 N–H and O–H groups in total. The average molecular weight is 421 g/mol. The van der Waals surface area contributed by atoms with E-state index in [4.69, 9.17) is 4.74 Å². The molecule has 5 nitrogen and oxygen atoms in total. The Morgan fingerprint density at radius 1 is 1.13 bits per heavy atom. The fourth-order valence-electron chi connectivity index (χ4n) is 3.70. The van der Waals surface area contributed by atoms with Crippen molar-refractivity contribution in [2.75, 3.05) is 4.90 Å². The second-order valence-electron chi connectivity index (χ2n) is 7.79. The first-order valence-corrected chi connectivity index (χ1v) is 10.8. The van der Waals surface area contributed by atoms with Crippen molar-refractivity contribution in [3.05, 3.63) is 76.3 Å². The molecule has 1 fully saturated rings. The Labute approximate surface area is 180 Å². The molecule has 0 aliphatic heterocycles. The van der Waals surface area contributed by atoms with Gasteiger partial charge in [-0.3, -0.25) is 14.5 Å². The van der Waals surface area contributed by atoms with Crippen LogP contribution in [0.4, 0.5) is 10.8 Å². The largest absolute Gasteiger partial charge is 0.458 e. The van der Waals surface area contributed by atoms with Crippen LogP contribution in [-0.4, -0.2) is 16.9 Å². The number of ether oxygens (including phenoxy) is 1. The minimum absolute atomic E-state index is 0.0997. The van der Waals surface area contributed by atoms with E-state index in [1.807, 2.05) is 67.8 Å². The molecule has 0 bridgehead atoms. The minimum atomic E-state index is -0.509. The van der Waals surface area contributed by atoms with Gasteiger partial charge < -0.3 is 4.74 Å². The van der Waals surface area contributed by atoms with Crippen LogP contribution in [0.15, 0.2) is 53.9 Å². The fourth-order valence-corrected chi connectivity index (χ4v) is 4.56. The third-order valence-corrected chi connectivity index (χ3v) is 6.33. The molecule has 0 saturated heterocycles. The molecule has 2 aromatic carbocycles. The van der Waals surface area contributed by atoms with Crippen LogP contribution in [0, 0.1) is 13.8 Å². The topological polar surface area (TPSA) is 59.5 Å². The molecule has 1 aliphatic carbocycles.